The van der Waals surface area contributed by atoms with Gasteiger partial charge in [-0.1, -0.05) is 18.2 Å². The largest absolute Gasteiger partial charge is 0.461 e. The summed E-state index contributed by atoms with van der Waals surface area (Å²) >= 11 is 0. The highest BCUT2D eigenvalue weighted by Gasteiger charge is 2.32. The van der Waals surface area contributed by atoms with Crippen LogP contribution in [0.4, 0.5) is 0 Å². The molecule has 0 radical (unpaired) electrons. The van der Waals surface area contributed by atoms with Crippen molar-refractivity contribution in [1.82, 2.24) is 14.5 Å². The number of rotatable bonds is 4. The maximum Gasteiger partial charge on any atom is 0.359 e. The Morgan fingerprint density at radius 3 is 2.78 bits per heavy atom. The van der Waals surface area contributed by atoms with Crippen molar-refractivity contribution in [2.75, 3.05) is 13.2 Å². The van der Waals surface area contributed by atoms with Gasteiger partial charge in [-0.2, -0.15) is 9.40 Å². The van der Waals surface area contributed by atoms with Crippen LogP contribution in [0.1, 0.15) is 28.7 Å². The van der Waals surface area contributed by atoms with Gasteiger partial charge in [-0.25, -0.2) is 13.2 Å². The number of nitrogens with one attached hydrogen (secondary N) is 1. The SMILES string of the molecule is CCOC(=O)c1n[nH]c2c1CN(S(=O)(=O)c1ccccc1)CC2. The maximum atomic E-state index is 12.7. The number of benzene rings is 1. The summed E-state index contributed by atoms with van der Waals surface area (Å²) in [4.78, 5) is 12.2. The minimum absolute atomic E-state index is 0.108. The van der Waals surface area contributed by atoms with Crippen LogP contribution in [0.5, 0.6) is 0 Å². The topological polar surface area (TPSA) is 92.4 Å². The van der Waals surface area contributed by atoms with E-state index in [4.69, 9.17) is 4.74 Å². The number of carbonyl (C=O) groups excluding carboxylic acids is 1. The zero-order valence-corrected chi connectivity index (χ0v) is 13.5. The van der Waals surface area contributed by atoms with Crippen molar-refractivity contribution >= 4 is 16.0 Å². The second-order valence-corrected chi connectivity index (χ2v) is 7.09. The summed E-state index contributed by atoms with van der Waals surface area (Å²) in [5, 5.41) is 6.79. The van der Waals surface area contributed by atoms with E-state index >= 15 is 0 Å². The molecule has 0 saturated heterocycles. The number of hydrogen-bond donors (Lipinski definition) is 1. The summed E-state index contributed by atoms with van der Waals surface area (Å²) in [6.45, 7) is 2.40. The van der Waals surface area contributed by atoms with Crippen molar-refractivity contribution in [3.63, 3.8) is 0 Å². The molecule has 122 valence electrons. The van der Waals surface area contributed by atoms with Gasteiger partial charge in [-0.05, 0) is 19.1 Å². The molecule has 0 fully saturated rings. The van der Waals surface area contributed by atoms with E-state index in [1.807, 2.05) is 0 Å². The van der Waals surface area contributed by atoms with Crippen LogP contribution in [0.3, 0.4) is 0 Å². The number of sulfonamides is 1. The van der Waals surface area contributed by atoms with E-state index in [1.165, 1.54) is 4.31 Å². The van der Waals surface area contributed by atoms with Gasteiger partial charge >= 0.3 is 5.97 Å². The molecule has 0 aliphatic carbocycles. The zero-order chi connectivity index (χ0) is 16.4. The van der Waals surface area contributed by atoms with Gasteiger partial charge in [0.25, 0.3) is 0 Å². The number of carbonyl (C=O) groups is 1. The highest BCUT2D eigenvalue weighted by molar-refractivity contribution is 7.89. The highest BCUT2D eigenvalue weighted by Crippen LogP contribution is 2.26. The van der Waals surface area contributed by atoms with Crippen molar-refractivity contribution in [1.29, 1.82) is 0 Å². The molecule has 2 heterocycles. The van der Waals surface area contributed by atoms with Crippen LogP contribution in [0, 0.1) is 0 Å². The fourth-order valence-electron chi connectivity index (χ4n) is 2.59. The summed E-state index contributed by atoms with van der Waals surface area (Å²) in [5.74, 6) is -0.538. The van der Waals surface area contributed by atoms with Gasteiger partial charge in [0.15, 0.2) is 5.69 Å². The molecule has 1 aliphatic heterocycles. The molecule has 23 heavy (non-hydrogen) atoms. The number of aromatic nitrogens is 2. The standard InChI is InChI=1S/C15H17N3O4S/c1-2-22-15(19)14-12-10-18(9-8-13(12)16-17-14)23(20,21)11-6-4-3-5-7-11/h3-7H,2,8-10H2,1H3,(H,16,17). The smallest absolute Gasteiger partial charge is 0.359 e. The first-order valence-electron chi connectivity index (χ1n) is 7.32. The third kappa shape index (κ3) is 2.87. The van der Waals surface area contributed by atoms with E-state index in [2.05, 4.69) is 10.2 Å². The Bertz CT molecular complexity index is 815. The first-order chi connectivity index (χ1) is 11.0. The molecular formula is C15H17N3O4S. The number of aromatic amines is 1. The summed E-state index contributed by atoms with van der Waals surface area (Å²) in [7, 11) is -3.60. The molecule has 0 amide bonds. The van der Waals surface area contributed by atoms with E-state index in [9.17, 15) is 13.2 Å². The van der Waals surface area contributed by atoms with Crippen molar-refractivity contribution in [2.45, 2.75) is 24.8 Å². The van der Waals surface area contributed by atoms with Gasteiger partial charge in [-0.15, -0.1) is 0 Å². The molecule has 3 rings (SSSR count). The van der Waals surface area contributed by atoms with Crippen molar-refractivity contribution < 1.29 is 17.9 Å². The maximum absolute atomic E-state index is 12.7. The monoisotopic (exact) mass is 335 g/mol. The first kappa shape index (κ1) is 15.7. The minimum Gasteiger partial charge on any atom is -0.461 e. The predicted octanol–water partition coefficient (Wildman–Crippen LogP) is 1.33. The van der Waals surface area contributed by atoms with Gasteiger partial charge in [0.05, 0.1) is 11.5 Å². The Kier molecular flexibility index (Phi) is 4.18. The third-order valence-corrected chi connectivity index (χ3v) is 5.61. The minimum atomic E-state index is -3.60. The van der Waals surface area contributed by atoms with Crippen LogP contribution in [0.2, 0.25) is 0 Å². The van der Waals surface area contributed by atoms with Gasteiger partial charge in [0.2, 0.25) is 10.0 Å². The van der Waals surface area contributed by atoms with E-state index < -0.39 is 16.0 Å². The molecule has 1 aromatic heterocycles. The van der Waals surface area contributed by atoms with Crippen molar-refractivity contribution in [3.05, 3.63) is 47.3 Å². The molecule has 1 aliphatic rings. The second kappa shape index (κ2) is 6.13. The Morgan fingerprint density at radius 1 is 1.35 bits per heavy atom. The molecule has 0 saturated carbocycles. The lowest BCUT2D eigenvalue weighted by molar-refractivity contribution is 0.0517. The van der Waals surface area contributed by atoms with E-state index in [1.54, 1.807) is 37.3 Å². The summed E-state index contributed by atoms with van der Waals surface area (Å²) in [5.41, 5.74) is 1.54. The summed E-state index contributed by atoms with van der Waals surface area (Å²) in [6.07, 6.45) is 0.480. The lowest BCUT2D eigenvalue weighted by Gasteiger charge is -2.26. The van der Waals surface area contributed by atoms with Gasteiger partial charge in [0, 0.05) is 30.8 Å². The number of hydrogen-bond acceptors (Lipinski definition) is 5. The molecule has 1 N–H and O–H groups in total. The van der Waals surface area contributed by atoms with Crippen molar-refractivity contribution in [3.8, 4) is 0 Å². The first-order valence-corrected chi connectivity index (χ1v) is 8.76. The number of fused-ring (bicyclic) bond motifs is 1. The number of H-pyrrole nitrogens is 1. The van der Waals surface area contributed by atoms with E-state index in [0.717, 1.165) is 5.69 Å². The highest BCUT2D eigenvalue weighted by atomic mass is 32.2. The Labute approximate surface area is 134 Å². The predicted molar refractivity (Wildman–Crippen MR) is 82.3 cm³/mol. The summed E-state index contributed by atoms with van der Waals surface area (Å²) < 4.78 is 31.7. The average molecular weight is 335 g/mol. The Hall–Kier alpha value is -2.19. The molecule has 0 atom stereocenters. The third-order valence-electron chi connectivity index (χ3n) is 3.75. The van der Waals surface area contributed by atoms with Crippen LogP contribution in [0.25, 0.3) is 0 Å². The second-order valence-electron chi connectivity index (χ2n) is 5.15. The molecule has 1 aromatic carbocycles. The van der Waals surface area contributed by atoms with Gasteiger partial charge in [0.1, 0.15) is 0 Å². The lowest BCUT2D eigenvalue weighted by atomic mass is 10.1. The lowest BCUT2D eigenvalue weighted by Crippen LogP contribution is -2.36. The fraction of sp³-hybridized carbons (Fsp3) is 0.333. The van der Waals surface area contributed by atoms with Crippen LogP contribution in [0.15, 0.2) is 35.2 Å². The van der Waals surface area contributed by atoms with Crippen LogP contribution in [-0.2, 0) is 27.7 Å². The number of esters is 1. The number of ether oxygens (including phenoxy) is 1. The molecule has 7 nitrogen and oxygen atoms in total. The molecule has 0 unspecified atom stereocenters. The van der Waals surface area contributed by atoms with E-state index in [-0.39, 0.29) is 23.7 Å². The normalized spacial score (nSPS) is 15.2. The Morgan fingerprint density at radius 2 is 2.09 bits per heavy atom. The molecule has 2 aromatic rings. The average Bonchev–Trinajstić information content (AvgIpc) is 2.99. The van der Waals surface area contributed by atoms with Crippen LogP contribution in [-0.4, -0.2) is 42.0 Å². The van der Waals surface area contributed by atoms with Crippen LogP contribution >= 0.6 is 0 Å². The van der Waals surface area contributed by atoms with Gasteiger partial charge in [-0.3, -0.25) is 5.10 Å². The Balaban J connectivity index is 1.91. The number of nitrogens with zero attached hydrogens (tertiary/aromatic N) is 2. The molecule has 0 spiro atoms. The molecular weight excluding hydrogens is 318 g/mol. The van der Waals surface area contributed by atoms with Crippen LogP contribution < -0.4 is 0 Å². The quantitative estimate of drug-likeness (QED) is 0.851. The van der Waals surface area contributed by atoms with Crippen molar-refractivity contribution in [2.24, 2.45) is 0 Å². The molecule has 8 heteroatoms. The van der Waals surface area contributed by atoms with E-state index in [0.29, 0.717) is 18.5 Å². The zero-order valence-electron chi connectivity index (χ0n) is 12.7. The van der Waals surface area contributed by atoms with Gasteiger partial charge < -0.3 is 4.74 Å². The molecule has 0 bridgehead atoms. The summed E-state index contributed by atoms with van der Waals surface area (Å²) in [6, 6.07) is 8.26. The fourth-order valence-corrected chi connectivity index (χ4v) is 4.02.